The Morgan fingerprint density at radius 3 is 2.68 bits per heavy atom. The van der Waals surface area contributed by atoms with Crippen LogP contribution in [0, 0.1) is 6.92 Å². The van der Waals surface area contributed by atoms with Crippen LogP contribution in [-0.2, 0) is 9.84 Å². The highest BCUT2D eigenvalue weighted by Crippen LogP contribution is 2.21. The zero-order valence-electron chi connectivity index (χ0n) is 13.6. The largest absolute Gasteiger partial charge is 0.478 e. The van der Waals surface area contributed by atoms with Crippen molar-refractivity contribution in [1.82, 2.24) is 9.97 Å². The minimum Gasteiger partial charge on any atom is -0.478 e. The third kappa shape index (κ3) is 4.44. The maximum Gasteiger partial charge on any atom is 0.335 e. The lowest BCUT2D eigenvalue weighted by atomic mass is 10.2. The van der Waals surface area contributed by atoms with Crippen molar-refractivity contribution in [1.29, 1.82) is 0 Å². The highest BCUT2D eigenvalue weighted by Gasteiger charge is 2.28. The van der Waals surface area contributed by atoms with E-state index in [4.69, 9.17) is 5.11 Å². The predicted octanol–water partition coefficient (Wildman–Crippen LogP) is 1.83. The van der Waals surface area contributed by atoms with Gasteiger partial charge in [-0.1, -0.05) is 6.07 Å². The second kappa shape index (κ2) is 6.67. The van der Waals surface area contributed by atoms with E-state index < -0.39 is 15.8 Å². The number of aromatic nitrogens is 2. The second-order valence-corrected chi connectivity index (χ2v) is 8.17. The van der Waals surface area contributed by atoms with Crippen LogP contribution in [-0.4, -0.2) is 47.0 Å². The van der Waals surface area contributed by atoms with Gasteiger partial charge in [0.15, 0.2) is 9.84 Å². The summed E-state index contributed by atoms with van der Waals surface area (Å²) in [5.41, 5.74) is 0.762. The molecule has 2 aromatic rings. The van der Waals surface area contributed by atoms with E-state index in [0.29, 0.717) is 29.6 Å². The molecule has 1 saturated heterocycles. The third-order valence-corrected chi connectivity index (χ3v) is 5.57. The average Bonchev–Trinajstić information content (AvgIpc) is 2.85. The summed E-state index contributed by atoms with van der Waals surface area (Å²) in [4.78, 5) is 19.6. The molecule has 0 saturated carbocycles. The number of carboxylic acid groups (broad SMARTS) is 1. The zero-order valence-corrected chi connectivity index (χ0v) is 14.4. The summed E-state index contributed by atoms with van der Waals surface area (Å²) in [6.07, 6.45) is 0.550. The van der Waals surface area contributed by atoms with E-state index in [-0.39, 0.29) is 23.1 Å². The first-order chi connectivity index (χ1) is 11.8. The van der Waals surface area contributed by atoms with Crippen LogP contribution in [0.3, 0.4) is 0 Å². The standard InChI is InChI=1S/C16H18N4O4S/c1-10-17-14(19-12-4-2-3-11(7-12)16(21)22)8-15(18-10)20-13-5-6-25(23,24)9-13/h2-4,7-8,13H,5-6,9H2,1H3,(H,21,22)(H2,17,18,19,20). The summed E-state index contributed by atoms with van der Waals surface area (Å²) >= 11 is 0. The van der Waals surface area contributed by atoms with E-state index in [1.807, 2.05) is 0 Å². The molecule has 2 heterocycles. The van der Waals surface area contributed by atoms with Crippen LogP contribution >= 0.6 is 0 Å². The fraction of sp³-hybridized carbons (Fsp3) is 0.312. The number of anilines is 3. The zero-order chi connectivity index (χ0) is 18.0. The SMILES string of the molecule is Cc1nc(Nc2cccc(C(=O)O)c2)cc(NC2CCS(=O)(=O)C2)n1. The van der Waals surface area contributed by atoms with Gasteiger partial charge in [0.05, 0.1) is 17.1 Å². The van der Waals surface area contributed by atoms with Crippen molar-refractivity contribution in [2.24, 2.45) is 0 Å². The van der Waals surface area contributed by atoms with Gasteiger partial charge in [-0.25, -0.2) is 23.2 Å². The van der Waals surface area contributed by atoms with Crippen LogP contribution in [0.2, 0.25) is 0 Å². The van der Waals surface area contributed by atoms with Gasteiger partial charge >= 0.3 is 5.97 Å². The molecule has 9 heteroatoms. The molecule has 132 valence electrons. The van der Waals surface area contributed by atoms with Crippen molar-refractivity contribution in [2.45, 2.75) is 19.4 Å². The summed E-state index contributed by atoms with van der Waals surface area (Å²) in [5.74, 6) is 0.821. The van der Waals surface area contributed by atoms with Crippen molar-refractivity contribution in [3.05, 3.63) is 41.7 Å². The molecule has 0 aliphatic carbocycles. The number of aromatic carboxylic acids is 1. The average molecular weight is 362 g/mol. The first-order valence-electron chi connectivity index (χ1n) is 7.74. The number of rotatable bonds is 5. The van der Waals surface area contributed by atoms with Crippen molar-refractivity contribution in [3.63, 3.8) is 0 Å². The number of nitrogens with one attached hydrogen (secondary N) is 2. The van der Waals surface area contributed by atoms with Gasteiger partial charge in [-0.15, -0.1) is 0 Å². The van der Waals surface area contributed by atoms with Crippen molar-refractivity contribution in [3.8, 4) is 0 Å². The number of sulfone groups is 1. The molecule has 1 aliphatic heterocycles. The molecule has 0 amide bonds. The molecule has 0 spiro atoms. The summed E-state index contributed by atoms with van der Waals surface area (Å²) < 4.78 is 23.1. The number of carboxylic acids is 1. The molecule has 1 aliphatic rings. The minimum atomic E-state index is -2.97. The molecule has 3 N–H and O–H groups in total. The fourth-order valence-corrected chi connectivity index (χ4v) is 4.37. The monoisotopic (exact) mass is 362 g/mol. The normalized spacial score (nSPS) is 18.7. The van der Waals surface area contributed by atoms with Gasteiger partial charge in [-0.3, -0.25) is 0 Å². The van der Waals surface area contributed by atoms with E-state index in [1.54, 1.807) is 25.1 Å². The Morgan fingerprint density at radius 2 is 2.00 bits per heavy atom. The summed E-state index contributed by atoms with van der Waals surface area (Å²) in [6, 6.07) is 7.90. The van der Waals surface area contributed by atoms with E-state index in [1.165, 1.54) is 12.1 Å². The van der Waals surface area contributed by atoms with Crippen LogP contribution in [0.15, 0.2) is 30.3 Å². The molecule has 0 bridgehead atoms. The topological polar surface area (TPSA) is 121 Å². The van der Waals surface area contributed by atoms with Crippen LogP contribution in [0.1, 0.15) is 22.6 Å². The summed E-state index contributed by atoms with van der Waals surface area (Å²) in [7, 11) is -2.97. The van der Waals surface area contributed by atoms with Crippen molar-refractivity contribution in [2.75, 3.05) is 22.1 Å². The van der Waals surface area contributed by atoms with Crippen LogP contribution < -0.4 is 10.6 Å². The molecule has 8 nitrogen and oxygen atoms in total. The maximum absolute atomic E-state index is 11.6. The smallest absolute Gasteiger partial charge is 0.335 e. The number of benzene rings is 1. The van der Waals surface area contributed by atoms with Gasteiger partial charge in [0.1, 0.15) is 17.5 Å². The molecule has 1 aromatic carbocycles. The highest BCUT2D eigenvalue weighted by atomic mass is 32.2. The van der Waals surface area contributed by atoms with Crippen LogP contribution in [0.25, 0.3) is 0 Å². The molecule has 3 rings (SSSR count). The van der Waals surface area contributed by atoms with Crippen LogP contribution in [0.5, 0.6) is 0 Å². The Bertz CT molecular complexity index is 914. The Hall–Kier alpha value is -2.68. The van der Waals surface area contributed by atoms with E-state index in [9.17, 15) is 13.2 Å². The first-order valence-corrected chi connectivity index (χ1v) is 9.56. The number of hydrogen-bond donors (Lipinski definition) is 3. The molecule has 25 heavy (non-hydrogen) atoms. The Balaban J connectivity index is 1.78. The van der Waals surface area contributed by atoms with Crippen LogP contribution in [0.4, 0.5) is 17.3 Å². The van der Waals surface area contributed by atoms with Gasteiger partial charge in [0.2, 0.25) is 0 Å². The number of hydrogen-bond acceptors (Lipinski definition) is 7. The van der Waals surface area contributed by atoms with E-state index >= 15 is 0 Å². The first kappa shape index (κ1) is 17.2. The Kier molecular flexibility index (Phi) is 4.58. The quantitative estimate of drug-likeness (QED) is 0.736. The minimum absolute atomic E-state index is 0.0967. The predicted molar refractivity (Wildman–Crippen MR) is 94.1 cm³/mol. The molecular weight excluding hydrogens is 344 g/mol. The van der Waals surface area contributed by atoms with Gasteiger partial charge in [0, 0.05) is 17.8 Å². The molecule has 1 atom stereocenters. The summed E-state index contributed by atoms with van der Waals surface area (Å²) in [5, 5.41) is 15.2. The maximum atomic E-state index is 11.6. The van der Waals surface area contributed by atoms with Gasteiger partial charge in [-0.2, -0.15) is 0 Å². The third-order valence-electron chi connectivity index (χ3n) is 3.80. The highest BCUT2D eigenvalue weighted by molar-refractivity contribution is 7.91. The van der Waals surface area contributed by atoms with Gasteiger partial charge in [0.25, 0.3) is 0 Å². The van der Waals surface area contributed by atoms with Crippen molar-refractivity contribution >= 4 is 33.1 Å². The van der Waals surface area contributed by atoms with Gasteiger partial charge in [-0.05, 0) is 31.5 Å². The van der Waals surface area contributed by atoms with E-state index in [2.05, 4.69) is 20.6 Å². The van der Waals surface area contributed by atoms with Gasteiger partial charge < -0.3 is 15.7 Å². The lowest BCUT2D eigenvalue weighted by Crippen LogP contribution is -2.21. The Morgan fingerprint density at radius 1 is 1.24 bits per heavy atom. The van der Waals surface area contributed by atoms with Crippen molar-refractivity contribution < 1.29 is 18.3 Å². The lowest BCUT2D eigenvalue weighted by Gasteiger charge is -2.14. The molecular formula is C16H18N4O4S. The number of aryl methyl sites for hydroxylation is 1. The fourth-order valence-electron chi connectivity index (χ4n) is 2.70. The number of nitrogens with zero attached hydrogens (tertiary/aromatic N) is 2. The summed E-state index contributed by atoms with van der Waals surface area (Å²) in [6.45, 7) is 1.73. The molecule has 1 unspecified atom stereocenters. The lowest BCUT2D eigenvalue weighted by molar-refractivity contribution is 0.0697. The molecule has 0 radical (unpaired) electrons. The Labute approximate surface area is 145 Å². The number of carbonyl (C=O) groups is 1. The van der Waals surface area contributed by atoms with E-state index in [0.717, 1.165) is 0 Å². The molecule has 1 fully saturated rings. The second-order valence-electron chi connectivity index (χ2n) is 5.94. The molecule has 1 aromatic heterocycles.